The quantitative estimate of drug-likeness (QED) is 0.881. The summed E-state index contributed by atoms with van der Waals surface area (Å²) in [5.41, 5.74) is 1.17. The standard InChI is InChI=1S/C16H24N2O/c1-2-11-19-16-6-4-3-5-15(16)17-14-8-10-18-9-7-13(14)12-18/h3-6,13-14,17H,2,7-12H2,1H3. The Morgan fingerprint density at radius 2 is 2.11 bits per heavy atom. The Kier molecular flexibility index (Phi) is 3.92. The van der Waals surface area contributed by atoms with E-state index in [0.717, 1.165) is 24.7 Å². The Balaban J connectivity index is 1.68. The Labute approximate surface area is 115 Å². The first-order chi connectivity index (χ1) is 9.36. The molecule has 2 bridgehead atoms. The predicted octanol–water partition coefficient (Wildman–Crippen LogP) is 2.98. The van der Waals surface area contributed by atoms with Crippen molar-refractivity contribution in [1.82, 2.24) is 4.90 Å². The minimum atomic E-state index is 0.616. The van der Waals surface area contributed by atoms with Crippen LogP contribution in [0.4, 0.5) is 5.69 Å². The lowest BCUT2D eigenvalue weighted by Gasteiger charge is -2.32. The van der Waals surface area contributed by atoms with Gasteiger partial charge in [0.05, 0.1) is 12.3 Å². The van der Waals surface area contributed by atoms with E-state index in [4.69, 9.17) is 4.74 Å². The molecule has 3 nitrogen and oxygen atoms in total. The van der Waals surface area contributed by atoms with E-state index >= 15 is 0 Å². The molecule has 3 unspecified atom stereocenters. The number of nitrogens with one attached hydrogen (secondary N) is 1. The molecule has 19 heavy (non-hydrogen) atoms. The number of piperidine rings is 1. The molecule has 2 heterocycles. The van der Waals surface area contributed by atoms with Crippen LogP contribution in [0.1, 0.15) is 26.2 Å². The van der Waals surface area contributed by atoms with Crippen LogP contribution in [0, 0.1) is 5.92 Å². The van der Waals surface area contributed by atoms with Gasteiger partial charge in [0.25, 0.3) is 0 Å². The Hall–Kier alpha value is -1.22. The summed E-state index contributed by atoms with van der Waals surface area (Å²) in [4.78, 5) is 2.59. The smallest absolute Gasteiger partial charge is 0.142 e. The van der Waals surface area contributed by atoms with Gasteiger partial charge < -0.3 is 15.0 Å². The topological polar surface area (TPSA) is 24.5 Å². The second-order valence-corrected chi connectivity index (χ2v) is 5.73. The number of benzene rings is 1. The van der Waals surface area contributed by atoms with Crippen molar-refractivity contribution in [2.45, 2.75) is 32.2 Å². The number of rotatable bonds is 5. The number of fused-ring (bicyclic) bond motifs is 2. The number of para-hydroxylation sites is 2. The zero-order valence-corrected chi connectivity index (χ0v) is 11.8. The molecule has 2 aliphatic heterocycles. The second kappa shape index (κ2) is 5.83. The predicted molar refractivity (Wildman–Crippen MR) is 78.8 cm³/mol. The van der Waals surface area contributed by atoms with Crippen LogP contribution in [-0.4, -0.2) is 37.2 Å². The molecular formula is C16H24N2O. The molecule has 0 aromatic heterocycles. The number of hydrogen-bond acceptors (Lipinski definition) is 3. The van der Waals surface area contributed by atoms with Crippen LogP contribution in [0.3, 0.4) is 0 Å². The Bertz CT molecular complexity index is 421. The van der Waals surface area contributed by atoms with Crippen LogP contribution in [0.25, 0.3) is 0 Å². The first-order valence-corrected chi connectivity index (χ1v) is 7.57. The van der Waals surface area contributed by atoms with Crippen LogP contribution < -0.4 is 10.1 Å². The first kappa shape index (κ1) is 12.8. The van der Waals surface area contributed by atoms with E-state index in [9.17, 15) is 0 Å². The van der Waals surface area contributed by atoms with Crippen molar-refractivity contribution in [3.05, 3.63) is 24.3 Å². The lowest BCUT2D eigenvalue weighted by Crippen LogP contribution is -2.39. The molecule has 1 N–H and O–H groups in total. The summed E-state index contributed by atoms with van der Waals surface area (Å²) in [5, 5.41) is 3.73. The summed E-state index contributed by atoms with van der Waals surface area (Å²) in [7, 11) is 0. The zero-order chi connectivity index (χ0) is 13.1. The van der Waals surface area contributed by atoms with Gasteiger partial charge in [-0.2, -0.15) is 0 Å². The van der Waals surface area contributed by atoms with Gasteiger partial charge in [-0.05, 0) is 43.9 Å². The van der Waals surface area contributed by atoms with Crippen LogP contribution in [0.15, 0.2) is 24.3 Å². The van der Waals surface area contributed by atoms with Gasteiger partial charge in [0, 0.05) is 19.1 Å². The third kappa shape index (κ3) is 2.86. The molecule has 0 aliphatic carbocycles. The average Bonchev–Trinajstić information content (AvgIpc) is 2.84. The molecule has 0 spiro atoms. The molecule has 3 atom stereocenters. The van der Waals surface area contributed by atoms with Gasteiger partial charge in [-0.15, -0.1) is 0 Å². The first-order valence-electron chi connectivity index (χ1n) is 7.57. The molecule has 104 valence electrons. The average molecular weight is 260 g/mol. The van der Waals surface area contributed by atoms with E-state index in [0.29, 0.717) is 6.04 Å². The maximum atomic E-state index is 5.83. The molecule has 2 saturated heterocycles. The highest BCUT2D eigenvalue weighted by Gasteiger charge is 2.34. The fraction of sp³-hybridized carbons (Fsp3) is 0.625. The Morgan fingerprint density at radius 1 is 1.26 bits per heavy atom. The summed E-state index contributed by atoms with van der Waals surface area (Å²) in [6.45, 7) is 6.74. The van der Waals surface area contributed by atoms with Gasteiger partial charge in [0.1, 0.15) is 5.75 Å². The third-order valence-electron chi connectivity index (χ3n) is 4.32. The molecule has 2 aliphatic rings. The van der Waals surface area contributed by atoms with Crippen molar-refractivity contribution < 1.29 is 4.74 Å². The van der Waals surface area contributed by atoms with Crippen molar-refractivity contribution in [2.24, 2.45) is 5.92 Å². The van der Waals surface area contributed by atoms with E-state index in [1.54, 1.807) is 0 Å². The normalized spacial score (nSPS) is 29.2. The van der Waals surface area contributed by atoms with Crippen molar-refractivity contribution in [1.29, 1.82) is 0 Å². The molecule has 2 fully saturated rings. The molecule has 1 aromatic rings. The third-order valence-corrected chi connectivity index (χ3v) is 4.32. The van der Waals surface area contributed by atoms with Crippen LogP contribution in [0.2, 0.25) is 0 Å². The van der Waals surface area contributed by atoms with Crippen LogP contribution >= 0.6 is 0 Å². The van der Waals surface area contributed by atoms with E-state index in [-0.39, 0.29) is 0 Å². The van der Waals surface area contributed by atoms with Crippen molar-refractivity contribution in [3.8, 4) is 5.75 Å². The van der Waals surface area contributed by atoms with Crippen LogP contribution in [-0.2, 0) is 0 Å². The molecule has 3 rings (SSSR count). The van der Waals surface area contributed by atoms with Crippen molar-refractivity contribution >= 4 is 5.69 Å². The number of hydrogen-bond donors (Lipinski definition) is 1. The van der Waals surface area contributed by atoms with E-state index in [1.165, 1.54) is 38.2 Å². The summed E-state index contributed by atoms with van der Waals surface area (Å²) in [5.74, 6) is 1.82. The van der Waals surface area contributed by atoms with Crippen molar-refractivity contribution in [3.63, 3.8) is 0 Å². The van der Waals surface area contributed by atoms with E-state index in [2.05, 4.69) is 35.3 Å². The minimum absolute atomic E-state index is 0.616. The summed E-state index contributed by atoms with van der Waals surface area (Å²) in [6, 6.07) is 8.97. The lowest BCUT2D eigenvalue weighted by atomic mass is 9.94. The fourth-order valence-corrected chi connectivity index (χ4v) is 3.27. The number of ether oxygens (including phenoxy) is 1. The van der Waals surface area contributed by atoms with Gasteiger partial charge >= 0.3 is 0 Å². The largest absolute Gasteiger partial charge is 0.491 e. The van der Waals surface area contributed by atoms with E-state index < -0.39 is 0 Å². The molecule has 0 radical (unpaired) electrons. The summed E-state index contributed by atoms with van der Waals surface area (Å²) in [6.07, 6.45) is 3.65. The fourth-order valence-electron chi connectivity index (χ4n) is 3.27. The highest BCUT2D eigenvalue weighted by molar-refractivity contribution is 5.57. The number of nitrogens with zero attached hydrogens (tertiary/aromatic N) is 1. The molecule has 1 aromatic carbocycles. The molecule has 3 heteroatoms. The minimum Gasteiger partial charge on any atom is -0.491 e. The highest BCUT2D eigenvalue weighted by atomic mass is 16.5. The molecule has 0 saturated carbocycles. The molecular weight excluding hydrogens is 236 g/mol. The maximum absolute atomic E-state index is 5.83. The van der Waals surface area contributed by atoms with Gasteiger partial charge in [-0.25, -0.2) is 0 Å². The SMILES string of the molecule is CCCOc1ccccc1NC1CCN2CCC1C2. The summed E-state index contributed by atoms with van der Waals surface area (Å²) < 4.78 is 5.83. The zero-order valence-electron chi connectivity index (χ0n) is 11.8. The van der Waals surface area contributed by atoms with Crippen molar-refractivity contribution in [2.75, 3.05) is 31.6 Å². The van der Waals surface area contributed by atoms with E-state index in [1.807, 2.05) is 6.07 Å². The maximum Gasteiger partial charge on any atom is 0.142 e. The Morgan fingerprint density at radius 3 is 3.00 bits per heavy atom. The van der Waals surface area contributed by atoms with Gasteiger partial charge in [-0.1, -0.05) is 19.1 Å². The number of anilines is 1. The van der Waals surface area contributed by atoms with Gasteiger partial charge in [0.15, 0.2) is 0 Å². The van der Waals surface area contributed by atoms with Gasteiger partial charge in [-0.3, -0.25) is 0 Å². The second-order valence-electron chi connectivity index (χ2n) is 5.73. The molecule has 0 amide bonds. The summed E-state index contributed by atoms with van der Waals surface area (Å²) >= 11 is 0. The lowest BCUT2D eigenvalue weighted by molar-refractivity contribution is 0.254. The van der Waals surface area contributed by atoms with Gasteiger partial charge in [0.2, 0.25) is 0 Å². The highest BCUT2D eigenvalue weighted by Crippen LogP contribution is 2.32. The monoisotopic (exact) mass is 260 g/mol. The van der Waals surface area contributed by atoms with Crippen LogP contribution in [0.5, 0.6) is 5.75 Å².